The van der Waals surface area contributed by atoms with Crippen LogP contribution in [0.3, 0.4) is 0 Å². The molecule has 1 aliphatic carbocycles. The van der Waals surface area contributed by atoms with E-state index in [1.807, 2.05) is 38.2 Å². The Morgan fingerprint density at radius 1 is 1.15 bits per heavy atom. The maximum atomic E-state index is 13.7. The van der Waals surface area contributed by atoms with Crippen LogP contribution in [-0.4, -0.2) is 72.4 Å². The van der Waals surface area contributed by atoms with Gasteiger partial charge in [0.1, 0.15) is 6.10 Å². The minimum atomic E-state index is -0.353. The summed E-state index contributed by atoms with van der Waals surface area (Å²) in [4.78, 5) is 30.8. The minimum Gasteiger partial charge on any atom is -0.486 e. The second kappa shape index (κ2) is 12.5. The van der Waals surface area contributed by atoms with Gasteiger partial charge < -0.3 is 29.5 Å². The number of aliphatic hydroxyl groups is 1. The van der Waals surface area contributed by atoms with Crippen LogP contribution in [0.1, 0.15) is 61.9 Å². The normalized spacial score (nSPS) is 21.8. The summed E-state index contributed by atoms with van der Waals surface area (Å²) in [7, 11) is 2.04. The third-order valence-corrected chi connectivity index (χ3v) is 8.31. The zero-order chi connectivity index (χ0) is 28.2. The molecule has 3 atom stereocenters. The fourth-order valence-corrected chi connectivity index (χ4v) is 5.88. The number of ether oxygens (including phenoxy) is 3. The van der Waals surface area contributed by atoms with Crippen molar-refractivity contribution in [3.8, 4) is 17.2 Å². The lowest BCUT2D eigenvalue weighted by Crippen LogP contribution is -2.49. The number of anilines is 1. The Morgan fingerprint density at radius 2 is 1.93 bits per heavy atom. The van der Waals surface area contributed by atoms with Crippen molar-refractivity contribution in [2.24, 2.45) is 11.8 Å². The highest BCUT2D eigenvalue weighted by Gasteiger charge is 2.35. The molecule has 2 aromatic rings. The summed E-state index contributed by atoms with van der Waals surface area (Å²) in [5.41, 5.74) is 2.02. The number of rotatable bonds is 8. The van der Waals surface area contributed by atoms with Crippen LogP contribution in [0.15, 0.2) is 36.4 Å². The molecule has 2 aromatic carbocycles. The molecule has 0 spiro atoms. The van der Waals surface area contributed by atoms with Crippen LogP contribution in [0, 0.1) is 11.8 Å². The first kappa shape index (κ1) is 28.2. The zero-order valence-corrected chi connectivity index (χ0v) is 23.7. The van der Waals surface area contributed by atoms with E-state index in [9.17, 15) is 14.7 Å². The van der Waals surface area contributed by atoms with Gasteiger partial charge in [-0.3, -0.25) is 14.5 Å². The number of carbonyl (C=O) groups excluding carboxylic acids is 2. The Kier molecular flexibility index (Phi) is 8.81. The summed E-state index contributed by atoms with van der Waals surface area (Å²) in [6.45, 7) is 5.73. The second-order valence-electron chi connectivity index (χ2n) is 11.5. The van der Waals surface area contributed by atoms with Crippen molar-refractivity contribution in [1.82, 2.24) is 9.80 Å². The second-order valence-corrected chi connectivity index (χ2v) is 11.5. The number of nitrogens with zero attached hydrogens (tertiary/aromatic N) is 2. The molecule has 216 valence electrons. The van der Waals surface area contributed by atoms with Crippen molar-refractivity contribution in [2.45, 2.75) is 64.6 Å². The fraction of sp³-hybridized carbons (Fsp3) is 0.548. The minimum absolute atomic E-state index is 0.0173. The molecule has 2 heterocycles. The standard InChI is InChI=1S/C31H41N3O6/c1-20-15-34(21(2)18-35)31(37)24-10-7-11-25(32-30(36)23-8-5-4-6-9-23)29(24)40-28(20)17-33(3)16-22-12-13-26-27(14-22)39-19-38-26/h7,10-14,20-21,23,28,35H,4-6,8-9,15-19H2,1-3H3,(H,32,36)/t20-,21-,28-/m0/s1. The number of hydrogen-bond donors (Lipinski definition) is 2. The van der Waals surface area contributed by atoms with Gasteiger partial charge in [-0.05, 0) is 56.6 Å². The van der Waals surface area contributed by atoms with Crippen LogP contribution in [0.4, 0.5) is 5.69 Å². The summed E-state index contributed by atoms with van der Waals surface area (Å²) >= 11 is 0. The third-order valence-electron chi connectivity index (χ3n) is 8.31. The number of aliphatic hydroxyl groups excluding tert-OH is 1. The van der Waals surface area contributed by atoms with Gasteiger partial charge in [-0.1, -0.05) is 38.3 Å². The number of hydrogen-bond acceptors (Lipinski definition) is 7. The molecular weight excluding hydrogens is 510 g/mol. The van der Waals surface area contributed by atoms with E-state index in [4.69, 9.17) is 14.2 Å². The molecule has 3 aliphatic rings. The van der Waals surface area contributed by atoms with E-state index >= 15 is 0 Å². The van der Waals surface area contributed by atoms with Crippen LogP contribution in [0.5, 0.6) is 17.2 Å². The van der Waals surface area contributed by atoms with E-state index in [0.717, 1.165) is 42.7 Å². The van der Waals surface area contributed by atoms with Gasteiger partial charge in [0, 0.05) is 31.5 Å². The molecule has 2 aliphatic heterocycles. The number of amides is 2. The van der Waals surface area contributed by atoms with E-state index in [1.165, 1.54) is 6.42 Å². The van der Waals surface area contributed by atoms with E-state index in [-0.39, 0.29) is 49.2 Å². The van der Waals surface area contributed by atoms with Crippen molar-refractivity contribution < 1.29 is 28.9 Å². The maximum Gasteiger partial charge on any atom is 0.258 e. The van der Waals surface area contributed by atoms with E-state index in [1.54, 1.807) is 17.0 Å². The molecule has 0 bridgehead atoms. The van der Waals surface area contributed by atoms with Gasteiger partial charge in [-0.2, -0.15) is 0 Å². The van der Waals surface area contributed by atoms with E-state index < -0.39 is 0 Å². The number of likely N-dealkylation sites (N-methyl/N-ethyl adjacent to an activating group) is 1. The van der Waals surface area contributed by atoms with Gasteiger partial charge in [0.05, 0.1) is 23.9 Å². The summed E-state index contributed by atoms with van der Waals surface area (Å²) in [5.74, 6) is 1.63. The maximum absolute atomic E-state index is 13.7. The molecule has 1 fully saturated rings. The van der Waals surface area contributed by atoms with E-state index in [2.05, 4.69) is 17.1 Å². The summed E-state index contributed by atoms with van der Waals surface area (Å²) in [6.07, 6.45) is 4.78. The van der Waals surface area contributed by atoms with Crippen molar-refractivity contribution in [1.29, 1.82) is 0 Å². The lowest BCUT2D eigenvalue weighted by molar-refractivity contribution is -0.120. The van der Waals surface area contributed by atoms with Crippen molar-refractivity contribution in [2.75, 3.05) is 38.9 Å². The molecule has 2 amide bonds. The van der Waals surface area contributed by atoms with Crippen LogP contribution in [-0.2, 0) is 11.3 Å². The smallest absolute Gasteiger partial charge is 0.258 e. The molecule has 5 rings (SSSR count). The van der Waals surface area contributed by atoms with Gasteiger partial charge in [-0.25, -0.2) is 0 Å². The predicted octanol–water partition coefficient (Wildman–Crippen LogP) is 4.29. The highest BCUT2D eigenvalue weighted by Crippen LogP contribution is 2.36. The lowest BCUT2D eigenvalue weighted by Gasteiger charge is -2.38. The van der Waals surface area contributed by atoms with Crippen LogP contribution in [0.2, 0.25) is 0 Å². The largest absolute Gasteiger partial charge is 0.486 e. The summed E-state index contributed by atoms with van der Waals surface area (Å²) in [5, 5.41) is 13.0. The number of para-hydroxylation sites is 1. The average Bonchev–Trinajstić information content (AvgIpc) is 3.43. The van der Waals surface area contributed by atoms with Crippen LogP contribution < -0.4 is 19.5 Å². The van der Waals surface area contributed by atoms with Gasteiger partial charge in [0.25, 0.3) is 5.91 Å². The SMILES string of the molecule is C[C@H]1CN([C@@H](C)CO)C(=O)c2cccc(NC(=O)C3CCCCC3)c2O[C@H]1CN(C)Cc1ccc2c(c1)OCO2. The summed E-state index contributed by atoms with van der Waals surface area (Å²) < 4.78 is 17.7. The van der Waals surface area contributed by atoms with Gasteiger partial charge in [-0.15, -0.1) is 0 Å². The first-order valence-electron chi connectivity index (χ1n) is 14.4. The third kappa shape index (κ3) is 6.20. The molecule has 0 saturated heterocycles. The van der Waals surface area contributed by atoms with Gasteiger partial charge >= 0.3 is 0 Å². The lowest BCUT2D eigenvalue weighted by atomic mass is 9.88. The Morgan fingerprint density at radius 3 is 2.70 bits per heavy atom. The topological polar surface area (TPSA) is 101 Å². The summed E-state index contributed by atoms with van der Waals surface area (Å²) in [6, 6.07) is 10.9. The molecule has 0 radical (unpaired) electrons. The Balaban J connectivity index is 1.40. The number of fused-ring (bicyclic) bond motifs is 2. The van der Waals surface area contributed by atoms with Gasteiger partial charge in [0.15, 0.2) is 17.2 Å². The Hall–Kier alpha value is -3.30. The fourth-order valence-electron chi connectivity index (χ4n) is 5.88. The van der Waals surface area contributed by atoms with Crippen molar-refractivity contribution in [3.63, 3.8) is 0 Å². The van der Waals surface area contributed by atoms with Gasteiger partial charge in [0.2, 0.25) is 12.7 Å². The molecular formula is C31H41N3O6. The molecule has 40 heavy (non-hydrogen) atoms. The molecule has 0 aromatic heterocycles. The quantitative estimate of drug-likeness (QED) is 0.505. The highest BCUT2D eigenvalue weighted by molar-refractivity contribution is 6.02. The highest BCUT2D eigenvalue weighted by atomic mass is 16.7. The van der Waals surface area contributed by atoms with E-state index in [0.29, 0.717) is 36.6 Å². The molecule has 0 unspecified atom stereocenters. The Labute approximate surface area is 236 Å². The molecule has 9 heteroatoms. The monoisotopic (exact) mass is 551 g/mol. The number of benzene rings is 2. The van der Waals surface area contributed by atoms with Crippen molar-refractivity contribution in [3.05, 3.63) is 47.5 Å². The van der Waals surface area contributed by atoms with Crippen LogP contribution in [0.25, 0.3) is 0 Å². The first-order valence-corrected chi connectivity index (χ1v) is 14.4. The number of carbonyl (C=O) groups is 2. The first-order chi connectivity index (χ1) is 19.3. The Bertz CT molecular complexity index is 1210. The zero-order valence-electron chi connectivity index (χ0n) is 23.7. The molecule has 1 saturated carbocycles. The molecule has 9 nitrogen and oxygen atoms in total. The predicted molar refractivity (Wildman–Crippen MR) is 152 cm³/mol. The van der Waals surface area contributed by atoms with Crippen molar-refractivity contribution >= 4 is 17.5 Å². The molecule has 2 N–H and O–H groups in total. The average molecular weight is 552 g/mol. The number of nitrogens with one attached hydrogen (secondary N) is 1. The van der Waals surface area contributed by atoms with Crippen LogP contribution >= 0.6 is 0 Å².